The number of nitrogens with one attached hydrogen (secondary N) is 1. The minimum Gasteiger partial charge on any atom is -0.497 e. The van der Waals surface area contributed by atoms with Crippen molar-refractivity contribution in [3.8, 4) is 5.75 Å². The number of nitrogens with zero attached hydrogens (tertiary/aromatic N) is 1. The Bertz CT molecular complexity index is 584. The van der Waals surface area contributed by atoms with E-state index in [1.54, 1.807) is 7.11 Å². The summed E-state index contributed by atoms with van der Waals surface area (Å²) >= 11 is 0. The molecule has 128 valence electrons. The number of methoxy groups -OCH3 is 1. The molecule has 0 saturated heterocycles. The van der Waals surface area contributed by atoms with Crippen molar-refractivity contribution in [1.82, 2.24) is 5.43 Å². The summed E-state index contributed by atoms with van der Waals surface area (Å²) in [6.45, 7) is 10.7. The Morgan fingerprint density at radius 3 is 2.61 bits per heavy atom. The van der Waals surface area contributed by atoms with Gasteiger partial charge in [0.25, 0.3) is 5.91 Å². The average Bonchev–Trinajstić information content (AvgIpc) is 2.49. The highest BCUT2D eigenvalue weighted by atomic mass is 16.5. The van der Waals surface area contributed by atoms with E-state index in [2.05, 4.69) is 37.2 Å². The van der Waals surface area contributed by atoms with E-state index in [0.29, 0.717) is 5.92 Å². The van der Waals surface area contributed by atoms with E-state index in [-0.39, 0.29) is 23.4 Å². The minimum atomic E-state index is -0.326. The molecule has 0 fully saturated rings. The fraction of sp³-hybridized carbons (Fsp3) is 0.611. The van der Waals surface area contributed by atoms with E-state index in [9.17, 15) is 4.79 Å². The standard InChI is InChI=1S/C18H29N3O2/c1-11(2)16(17(22)20-19)21-15-9-13(23-6)7-8-14(15)12(3)10-18(21,4)5/h7-9,11-12,16H,10,19H2,1-6H3,(H,20,22)/t12-,16+/m0/s1. The van der Waals surface area contributed by atoms with Gasteiger partial charge in [-0.2, -0.15) is 0 Å². The molecule has 0 aromatic heterocycles. The monoisotopic (exact) mass is 319 g/mol. The zero-order valence-corrected chi connectivity index (χ0v) is 15.0. The number of nitrogens with two attached hydrogens (primary N) is 1. The normalized spacial score (nSPS) is 20.9. The van der Waals surface area contributed by atoms with Crippen LogP contribution in [0.1, 0.15) is 52.5 Å². The minimum absolute atomic E-state index is 0.130. The van der Waals surface area contributed by atoms with E-state index in [4.69, 9.17) is 10.6 Å². The predicted octanol–water partition coefficient (Wildman–Crippen LogP) is 2.80. The third-order valence-corrected chi connectivity index (χ3v) is 4.81. The zero-order valence-electron chi connectivity index (χ0n) is 15.0. The fourth-order valence-corrected chi connectivity index (χ4v) is 3.89. The molecule has 1 aliphatic rings. The van der Waals surface area contributed by atoms with Crippen LogP contribution in [0.25, 0.3) is 0 Å². The Labute approximate surface area is 139 Å². The number of carbonyl (C=O) groups excluding carboxylic acids is 1. The summed E-state index contributed by atoms with van der Waals surface area (Å²) in [5, 5.41) is 0. The molecule has 3 N–H and O–H groups in total. The summed E-state index contributed by atoms with van der Waals surface area (Å²) < 4.78 is 5.41. The first-order valence-electron chi connectivity index (χ1n) is 8.20. The maximum Gasteiger partial charge on any atom is 0.256 e. The molecule has 5 heteroatoms. The fourth-order valence-electron chi connectivity index (χ4n) is 3.89. The number of hydrogen-bond acceptors (Lipinski definition) is 4. The van der Waals surface area contributed by atoms with Crippen molar-refractivity contribution in [3.63, 3.8) is 0 Å². The number of amides is 1. The molecule has 1 amide bonds. The van der Waals surface area contributed by atoms with Gasteiger partial charge < -0.3 is 9.64 Å². The Hall–Kier alpha value is -1.75. The first kappa shape index (κ1) is 17.6. The highest BCUT2D eigenvalue weighted by molar-refractivity contribution is 5.86. The molecule has 2 rings (SSSR count). The van der Waals surface area contributed by atoms with Gasteiger partial charge in [-0.1, -0.05) is 26.8 Å². The summed E-state index contributed by atoms with van der Waals surface area (Å²) in [6.07, 6.45) is 0.980. The smallest absolute Gasteiger partial charge is 0.256 e. The van der Waals surface area contributed by atoms with Crippen molar-refractivity contribution < 1.29 is 9.53 Å². The molecule has 2 atom stereocenters. The van der Waals surface area contributed by atoms with Crippen molar-refractivity contribution in [2.45, 2.75) is 58.5 Å². The molecule has 1 aromatic rings. The second-order valence-electron chi connectivity index (χ2n) is 7.41. The molecule has 0 bridgehead atoms. The van der Waals surface area contributed by atoms with Crippen LogP contribution in [0, 0.1) is 5.92 Å². The molecular weight excluding hydrogens is 290 g/mol. The third kappa shape index (κ3) is 3.15. The van der Waals surface area contributed by atoms with Crippen LogP contribution < -0.4 is 20.9 Å². The average molecular weight is 319 g/mol. The van der Waals surface area contributed by atoms with Crippen molar-refractivity contribution in [3.05, 3.63) is 23.8 Å². The Morgan fingerprint density at radius 1 is 1.43 bits per heavy atom. The van der Waals surface area contributed by atoms with E-state index in [0.717, 1.165) is 17.9 Å². The molecule has 5 nitrogen and oxygen atoms in total. The van der Waals surface area contributed by atoms with Gasteiger partial charge in [-0.15, -0.1) is 0 Å². The summed E-state index contributed by atoms with van der Waals surface area (Å²) in [7, 11) is 1.66. The number of benzene rings is 1. The van der Waals surface area contributed by atoms with Gasteiger partial charge in [0.05, 0.1) is 7.11 Å². The van der Waals surface area contributed by atoms with E-state index < -0.39 is 0 Å². The van der Waals surface area contributed by atoms with E-state index in [1.807, 2.05) is 26.0 Å². The number of rotatable bonds is 4. The van der Waals surface area contributed by atoms with Crippen LogP contribution >= 0.6 is 0 Å². The van der Waals surface area contributed by atoms with Crippen LogP contribution in [0.15, 0.2) is 18.2 Å². The maximum absolute atomic E-state index is 12.5. The largest absolute Gasteiger partial charge is 0.497 e. The van der Waals surface area contributed by atoms with Crippen molar-refractivity contribution in [2.75, 3.05) is 12.0 Å². The van der Waals surface area contributed by atoms with Crippen molar-refractivity contribution in [2.24, 2.45) is 11.8 Å². The molecule has 1 heterocycles. The molecular formula is C18H29N3O2. The lowest BCUT2D eigenvalue weighted by Crippen LogP contribution is -2.61. The molecule has 0 unspecified atom stereocenters. The van der Waals surface area contributed by atoms with Crippen LogP contribution in [0.3, 0.4) is 0 Å². The molecule has 0 spiro atoms. The Balaban J connectivity index is 2.64. The van der Waals surface area contributed by atoms with Crippen molar-refractivity contribution in [1.29, 1.82) is 0 Å². The van der Waals surface area contributed by atoms with Crippen LogP contribution in [-0.4, -0.2) is 24.6 Å². The number of fused-ring (bicyclic) bond motifs is 1. The van der Waals surface area contributed by atoms with Gasteiger partial charge in [0.15, 0.2) is 0 Å². The van der Waals surface area contributed by atoms with E-state index >= 15 is 0 Å². The number of hydrogen-bond donors (Lipinski definition) is 2. The summed E-state index contributed by atoms with van der Waals surface area (Å²) in [5.74, 6) is 6.66. The number of ether oxygens (including phenoxy) is 1. The van der Waals surface area contributed by atoms with E-state index in [1.165, 1.54) is 5.56 Å². The third-order valence-electron chi connectivity index (χ3n) is 4.81. The highest BCUT2D eigenvalue weighted by Gasteiger charge is 2.43. The van der Waals surface area contributed by atoms with Gasteiger partial charge in [0, 0.05) is 17.3 Å². The molecule has 0 aliphatic carbocycles. The van der Waals surface area contributed by atoms with Gasteiger partial charge in [-0.25, -0.2) is 5.84 Å². The second kappa shape index (κ2) is 6.40. The maximum atomic E-state index is 12.5. The SMILES string of the molecule is COc1ccc2c(c1)N([C@@H](C(=O)NN)C(C)C)C(C)(C)C[C@@H]2C. The highest BCUT2D eigenvalue weighted by Crippen LogP contribution is 2.46. The molecule has 23 heavy (non-hydrogen) atoms. The topological polar surface area (TPSA) is 67.6 Å². The zero-order chi connectivity index (χ0) is 17.4. The lowest BCUT2D eigenvalue weighted by Gasteiger charge is -2.51. The summed E-state index contributed by atoms with van der Waals surface area (Å²) in [6, 6.07) is 5.80. The summed E-state index contributed by atoms with van der Waals surface area (Å²) in [4.78, 5) is 14.7. The lowest BCUT2D eigenvalue weighted by atomic mass is 9.78. The summed E-state index contributed by atoms with van der Waals surface area (Å²) in [5.41, 5.74) is 4.50. The number of anilines is 1. The quantitative estimate of drug-likeness (QED) is 0.509. The molecule has 1 aromatic carbocycles. The van der Waals surface area contributed by atoms with Crippen molar-refractivity contribution >= 4 is 11.6 Å². The number of hydrazine groups is 1. The first-order chi connectivity index (χ1) is 10.7. The van der Waals surface area contributed by atoms with Gasteiger partial charge >= 0.3 is 0 Å². The number of carbonyl (C=O) groups is 1. The van der Waals surface area contributed by atoms with Gasteiger partial charge in [-0.05, 0) is 43.7 Å². The second-order valence-corrected chi connectivity index (χ2v) is 7.41. The Morgan fingerprint density at radius 2 is 2.09 bits per heavy atom. The van der Waals surface area contributed by atoms with Crippen LogP contribution in [0.5, 0.6) is 5.75 Å². The predicted molar refractivity (Wildman–Crippen MR) is 93.5 cm³/mol. The Kier molecular flexibility index (Phi) is 4.90. The molecule has 0 saturated carbocycles. The van der Waals surface area contributed by atoms with Gasteiger partial charge in [0.1, 0.15) is 11.8 Å². The van der Waals surface area contributed by atoms with Crippen LogP contribution in [-0.2, 0) is 4.79 Å². The van der Waals surface area contributed by atoms with Gasteiger partial charge in [0.2, 0.25) is 0 Å². The first-order valence-corrected chi connectivity index (χ1v) is 8.20. The molecule has 0 radical (unpaired) electrons. The van der Waals surface area contributed by atoms with Gasteiger partial charge in [-0.3, -0.25) is 10.2 Å². The lowest BCUT2D eigenvalue weighted by molar-refractivity contribution is -0.123. The van der Waals surface area contributed by atoms with Crippen LogP contribution in [0.2, 0.25) is 0 Å². The molecule has 1 aliphatic heterocycles. The van der Waals surface area contributed by atoms with Crippen LogP contribution in [0.4, 0.5) is 5.69 Å².